The molecule has 0 bridgehead atoms. The number of nitrogens with zero attached hydrogens (tertiary/aromatic N) is 3. The van der Waals surface area contributed by atoms with Crippen molar-refractivity contribution in [2.75, 3.05) is 0 Å². The summed E-state index contributed by atoms with van der Waals surface area (Å²) >= 11 is 0. The van der Waals surface area contributed by atoms with Crippen molar-refractivity contribution in [3.05, 3.63) is 193 Å². The van der Waals surface area contributed by atoms with Crippen molar-refractivity contribution >= 4 is 16.6 Å². The zero-order valence-electron chi connectivity index (χ0n) is 27.6. The summed E-state index contributed by atoms with van der Waals surface area (Å²) in [5.41, 5.74) is 9.79. The van der Waals surface area contributed by atoms with Gasteiger partial charge in [-0.2, -0.15) is 79.0 Å². The zero-order valence-corrected chi connectivity index (χ0v) is 30.0. The molecule has 0 saturated heterocycles. The Kier molecular flexibility index (Phi) is 14.8. The Morgan fingerprint density at radius 1 is 0.600 bits per heavy atom. The first-order chi connectivity index (χ1) is 21.0. The Balaban J connectivity index is 0.000000259. The van der Waals surface area contributed by atoms with Crippen molar-refractivity contribution in [2.45, 2.75) is 40.2 Å². The Hall–Kier alpha value is -4.14. The summed E-state index contributed by atoms with van der Waals surface area (Å²) < 4.78 is 1.94. The third-order valence-corrected chi connectivity index (χ3v) is 6.89. The number of para-hydroxylation sites is 1. The van der Waals surface area contributed by atoms with E-state index in [4.69, 9.17) is 10.4 Å². The molecule has 0 unspecified atom stereocenters. The second kappa shape index (κ2) is 18.0. The monoisotopic (exact) mass is 669 g/mol. The van der Waals surface area contributed by atoms with Crippen LogP contribution in [0.15, 0.2) is 127 Å². The van der Waals surface area contributed by atoms with E-state index in [2.05, 4.69) is 85.7 Å². The summed E-state index contributed by atoms with van der Waals surface area (Å²) in [4.78, 5) is 0. The minimum Gasteiger partial charge on any atom is -0.674 e. The molecule has 0 aliphatic heterocycles. The van der Waals surface area contributed by atoms with Crippen LogP contribution in [-0.4, -0.2) is 9.78 Å². The van der Waals surface area contributed by atoms with Gasteiger partial charge in [-0.25, -0.2) is 0 Å². The van der Waals surface area contributed by atoms with Gasteiger partial charge in [-0.1, -0.05) is 84.6 Å². The molecule has 0 amide bonds. The molecule has 4 heteroatoms. The van der Waals surface area contributed by atoms with Gasteiger partial charge in [-0.3, -0.25) is 4.68 Å². The second-order valence-electron chi connectivity index (χ2n) is 11.4. The van der Waals surface area contributed by atoms with Gasteiger partial charge in [0.15, 0.2) is 0 Å². The number of hydrogen-bond donors (Lipinski definition) is 0. The third-order valence-electron chi connectivity index (χ3n) is 6.89. The fourth-order valence-corrected chi connectivity index (χ4v) is 4.78. The van der Waals surface area contributed by atoms with E-state index < -0.39 is 0 Å². The van der Waals surface area contributed by atoms with Crippen molar-refractivity contribution in [2.24, 2.45) is 7.05 Å². The summed E-state index contributed by atoms with van der Waals surface area (Å²) in [6.07, 6.45) is 0. The number of rotatable bonds is 3. The Morgan fingerprint density at radius 2 is 0.978 bits per heavy atom. The van der Waals surface area contributed by atoms with Crippen molar-refractivity contribution in [1.29, 1.82) is 0 Å². The van der Waals surface area contributed by atoms with E-state index in [1.54, 1.807) is 0 Å². The summed E-state index contributed by atoms with van der Waals surface area (Å²) in [5.74, 6) is 0. The van der Waals surface area contributed by atoms with Crippen LogP contribution in [0.25, 0.3) is 16.2 Å². The summed E-state index contributed by atoms with van der Waals surface area (Å²) in [6, 6.07) is 42.3. The van der Waals surface area contributed by atoms with Gasteiger partial charge >= 0.3 is 26.2 Å². The molecule has 0 aliphatic carbocycles. The third kappa shape index (κ3) is 11.7. The van der Waals surface area contributed by atoms with Gasteiger partial charge in [0.25, 0.3) is 0 Å². The van der Waals surface area contributed by atoms with Crippen LogP contribution >= 0.6 is 0 Å². The fourth-order valence-electron chi connectivity index (χ4n) is 4.78. The maximum absolute atomic E-state index is 5.09. The molecule has 5 aromatic carbocycles. The molecule has 0 saturated carbocycles. The first-order valence-electron chi connectivity index (χ1n) is 14.8. The van der Waals surface area contributed by atoms with Crippen molar-refractivity contribution in [3.8, 4) is 0 Å². The quantitative estimate of drug-likeness (QED) is 0.172. The van der Waals surface area contributed by atoms with E-state index in [1.165, 1.54) is 22.1 Å². The van der Waals surface area contributed by atoms with Gasteiger partial charge < -0.3 is 5.32 Å². The largest absolute Gasteiger partial charge is 3.00 e. The maximum Gasteiger partial charge on any atom is 3.00 e. The first-order valence-corrected chi connectivity index (χ1v) is 14.8. The topological polar surface area (TPSA) is 31.9 Å². The van der Waals surface area contributed by atoms with E-state index >= 15 is 0 Å². The van der Waals surface area contributed by atoms with E-state index in [0.717, 1.165) is 33.6 Å². The Labute approximate surface area is 290 Å². The van der Waals surface area contributed by atoms with Gasteiger partial charge in [-0.15, -0.1) is 42.1 Å². The average molecular weight is 671 g/mol. The predicted octanol–water partition coefficient (Wildman–Crippen LogP) is 11.0. The van der Waals surface area contributed by atoms with Crippen LogP contribution in [0.2, 0.25) is 0 Å². The van der Waals surface area contributed by atoms with Gasteiger partial charge in [-0.05, 0) is 26.8 Å². The zero-order chi connectivity index (χ0) is 32.1. The van der Waals surface area contributed by atoms with Crippen LogP contribution in [0.1, 0.15) is 52.9 Å². The molecule has 0 aliphatic rings. The average Bonchev–Trinajstić information content (AvgIpc) is 3.35. The molecule has 0 atom stereocenters. The van der Waals surface area contributed by atoms with Crippen molar-refractivity contribution in [1.82, 2.24) is 9.78 Å². The molecule has 1 aromatic heterocycles. The molecule has 0 N–H and O–H groups in total. The summed E-state index contributed by atoms with van der Waals surface area (Å²) in [7, 11) is 1.99. The molecular formula is C41H45N3Zr-. The van der Waals surface area contributed by atoms with Crippen LogP contribution in [0, 0.1) is 41.5 Å². The van der Waals surface area contributed by atoms with Gasteiger partial charge in [0.1, 0.15) is 0 Å². The molecule has 0 fully saturated rings. The van der Waals surface area contributed by atoms with E-state index in [0.29, 0.717) is 0 Å². The van der Waals surface area contributed by atoms with Gasteiger partial charge in [0.05, 0.1) is 11.2 Å². The van der Waals surface area contributed by atoms with Crippen LogP contribution in [0.3, 0.4) is 0 Å². The van der Waals surface area contributed by atoms with Gasteiger partial charge in [0.2, 0.25) is 0 Å². The molecule has 3 nitrogen and oxygen atoms in total. The normalized spacial score (nSPS) is 10.1. The second-order valence-corrected chi connectivity index (χ2v) is 11.4. The molecule has 229 valence electrons. The minimum atomic E-state index is -0.383. The molecule has 1 heterocycles. The van der Waals surface area contributed by atoms with E-state index in [1.807, 2.05) is 109 Å². The Morgan fingerprint density at radius 3 is 1.36 bits per heavy atom. The van der Waals surface area contributed by atoms with Crippen LogP contribution < -0.4 is 0 Å². The molecular weight excluding hydrogens is 626 g/mol. The van der Waals surface area contributed by atoms with Crippen LogP contribution in [0.5, 0.6) is 0 Å². The maximum atomic E-state index is 5.09. The van der Waals surface area contributed by atoms with Crippen LogP contribution in [-0.2, 0) is 38.8 Å². The Bertz CT molecular complexity index is 1590. The molecule has 1 radical (unpaired) electrons. The number of benzene rings is 5. The van der Waals surface area contributed by atoms with Crippen molar-refractivity contribution < 1.29 is 26.2 Å². The summed E-state index contributed by atoms with van der Waals surface area (Å²) in [6.45, 7) is 21.8. The summed E-state index contributed by atoms with van der Waals surface area (Å²) in [5, 5.41) is 11.0. The SMILES string of the molecule is Cc1cc(C)c([N-]C(C)(C)c2nn(C)c3ccccc23)c(C)c1.[CH2-]c1ccccc1.[CH2-]c1ccccc1.[CH2-]c1ccccc1.[Zr+3]. The molecule has 0 spiro atoms. The molecule has 6 rings (SSSR count). The standard InChI is InChI=1S/C20H24N3.3C7H7.Zr/c1-13-11-14(2)18(15(3)12-13)21-20(4,5)19-16-9-7-8-10-17(16)23(6)22-19;3*1-7-5-3-2-4-6-7;/h7-12H,1-6H3;3*2-6H,1H2;/q4*-1;+3. The van der Waals surface area contributed by atoms with Crippen molar-refractivity contribution in [3.63, 3.8) is 0 Å². The predicted molar refractivity (Wildman–Crippen MR) is 190 cm³/mol. The van der Waals surface area contributed by atoms with Crippen LogP contribution in [0.4, 0.5) is 5.69 Å². The van der Waals surface area contributed by atoms with E-state index in [-0.39, 0.29) is 31.7 Å². The molecule has 45 heavy (non-hydrogen) atoms. The number of fused-ring (bicyclic) bond motifs is 1. The minimum absolute atomic E-state index is 0. The van der Waals surface area contributed by atoms with E-state index in [9.17, 15) is 0 Å². The number of aryl methyl sites for hydroxylation is 4. The first kappa shape index (κ1) is 37.1. The fraction of sp³-hybridized carbons (Fsp3) is 0.171. The molecule has 6 aromatic rings. The number of aromatic nitrogens is 2. The smallest absolute Gasteiger partial charge is 0.674 e. The van der Waals surface area contributed by atoms with Gasteiger partial charge in [0, 0.05) is 12.4 Å². The number of hydrogen-bond acceptors (Lipinski definition) is 1.